The first-order chi connectivity index (χ1) is 23.8. The van der Waals surface area contributed by atoms with E-state index in [-0.39, 0.29) is 0 Å². The van der Waals surface area contributed by atoms with Crippen LogP contribution in [0.5, 0.6) is 0 Å². The zero-order valence-electron chi connectivity index (χ0n) is 25.9. The summed E-state index contributed by atoms with van der Waals surface area (Å²) in [7, 11) is 4.36. The van der Waals surface area contributed by atoms with Crippen LogP contribution in [-0.4, -0.2) is 26.8 Å². The van der Waals surface area contributed by atoms with Crippen LogP contribution in [0, 0.1) is 122 Å². The molecule has 0 aromatic heterocycles. The number of rotatable bonds is 6. The number of hydrogen-bond donors (Lipinski definition) is 1. The maximum absolute atomic E-state index is 15.4. The third-order valence-corrected chi connectivity index (χ3v) is 7.52. The van der Waals surface area contributed by atoms with Gasteiger partial charge in [-0.1, -0.05) is 13.8 Å². The smallest absolute Gasteiger partial charge is 0.200 e. The molecular formula is C30H16BF20N. The molecule has 4 aromatic carbocycles. The van der Waals surface area contributed by atoms with Crippen LogP contribution in [0.15, 0.2) is 0 Å². The van der Waals surface area contributed by atoms with Gasteiger partial charge in [0.1, 0.15) is 52.7 Å². The Kier molecular flexibility index (Phi) is 12.0. The Balaban J connectivity index is 0.000000944. The van der Waals surface area contributed by atoms with Crippen LogP contribution in [0.2, 0.25) is 0 Å². The fourth-order valence-electron chi connectivity index (χ4n) is 5.69. The van der Waals surface area contributed by atoms with Gasteiger partial charge in [0.05, 0.1) is 20.6 Å². The van der Waals surface area contributed by atoms with Crippen molar-refractivity contribution in [2.75, 3.05) is 20.6 Å². The molecule has 0 aliphatic heterocycles. The third-order valence-electron chi connectivity index (χ3n) is 7.52. The maximum Gasteiger partial charge on any atom is 0.200 e. The lowest BCUT2D eigenvalue weighted by Crippen LogP contribution is -3.06. The van der Waals surface area contributed by atoms with Crippen molar-refractivity contribution in [3.63, 3.8) is 0 Å². The zero-order chi connectivity index (χ0) is 40.2. The van der Waals surface area contributed by atoms with Gasteiger partial charge in [-0.3, -0.25) is 0 Å². The van der Waals surface area contributed by atoms with E-state index < -0.39 is 144 Å². The van der Waals surface area contributed by atoms with Crippen LogP contribution >= 0.6 is 0 Å². The summed E-state index contributed by atoms with van der Waals surface area (Å²) in [6, 6.07) is 0. The Hall–Kier alpha value is -4.50. The molecule has 52 heavy (non-hydrogen) atoms. The topological polar surface area (TPSA) is 4.44 Å². The summed E-state index contributed by atoms with van der Waals surface area (Å²) in [6.45, 7) is 5.76. The van der Waals surface area contributed by atoms with Crippen molar-refractivity contribution in [3.05, 3.63) is 116 Å². The molecule has 0 bridgehead atoms. The zero-order valence-corrected chi connectivity index (χ0v) is 25.9. The van der Waals surface area contributed by atoms with Gasteiger partial charge in [0, 0.05) is 5.92 Å². The standard InChI is InChI=1S/C24BF20.C6H15N/c26-5-1(6(27)14(35)21(42)13(5)34)25(2-7(28)15(36)22(43)16(37)8(2)29,3-9(30)17(38)23(44)18(39)10(3)31)4-11(32)19(40)24(45)20(41)12(4)33;1-6(2)5-7(3)4/h;6H,5H2,1-4H3/q-1;/p+1. The minimum Gasteiger partial charge on any atom is -0.340 e. The monoisotopic (exact) mass is 781 g/mol. The molecule has 4 aromatic rings. The molecule has 4 rings (SSSR count). The van der Waals surface area contributed by atoms with Crippen LogP contribution in [0.1, 0.15) is 13.8 Å². The second-order valence-electron chi connectivity index (χ2n) is 11.6. The predicted molar refractivity (Wildman–Crippen MR) is 142 cm³/mol. The highest BCUT2D eigenvalue weighted by molar-refractivity contribution is 7.20. The largest absolute Gasteiger partial charge is 0.340 e. The van der Waals surface area contributed by atoms with Gasteiger partial charge in [-0.25, -0.2) is 87.8 Å². The average molecular weight is 781 g/mol. The number of quaternary nitrogens is 1. The second kappa shape index (κ2) is 14.9. The van der Waals surface area contributed by atoms with Crippen LogP contribution in [0.3, 0.4) is 0 Å². The first-order valence-corrected chi connectivity index (χ1v) is 13.9. The predicted octanol–water partition coefficient (Wildman–Crippen LogP) is 5.63. The summed E-state index contributed by atoms with van der Waals surface area (Å²) in [5.41, 5.74) is -14.3. The van der Waals surface area contributed by atoms with E-state index in [4.69, 9.17) is 0 Å². The van der Waals surface area contributed by atoms with E-state index in [2.05, 4.69) is 27.9 Å². The van der Waals surface area contributed by atoms with Crippen LogP contribution in [0.4, 0.5) is 87.8 Å². The second-order valence-corrected chi connectivity index (χ2v) is 11.6. The van der Waals surface area contributed by atoms with E-state index in [0.29, 0.717) is 0 Å². The molecule has 0 saturated heterocycles. The summed E-state index contributed by atoms with van der Waals surface area (Å²) in [4.78, 5) is 1.54. The molecule has 1 N–H and O–H groups in total. The van der Waals surface area contributed by atoms with Gasteiger partial charge in [-0.05, 0) is 0 Å². The highest BCUT2D eigenvalue weighted by Gasteiger charge is 2.52. The molecule has 0 radical (unpaired) electrons. The molecule has 0 fully saturated rings. The Bertz CT molecular complexity index is 1690. The van der Waals surface area contributed by atoms with Gasteiger partial charge in [0.2, 0.25) is 0 Å². The van der Waals surface area contributed by atoms with Gasteiger partial charge < -0.3 is 4.90 Å². The SMILES string of the molecule is CC(C)C[NH+](C)C.Fc1c(F)c(F)c([B-](c2c(F)c(F)c(F)c(F)c2F)(c2c(F)c(F)c(F)c(F)c2F)c2c(F)c(F)c(F)c(F)c2F)c(F)c1F. The van der Waals surface area contributed by atoms with Crippen molar-refractivity contribution < 1.29 is 92.7 Å². The van der Waals surface area contributed by atoms with Crippen LogP contribution < -0.4 is 26.8 Å². The molecule has 22 heteroatoms. The van der Waals surface area contributed by atoms with Crippen molar-refractivity contribution in [2.24, 2.45) is 5.92 Å². The van der Waals surface area contributed by atoms with Crippen LogP contribution in [-0.2, 0) is 0 Å². The summed E-state index contributed by atoms with van der Waals surface area (Å²) in [6.07, 6.45) is -7.22. The quantitative estimate of drug-likeness (QED) is 0.112. The first kappa shape index (κ1) is 41.9. The maximum atomic E-state index is 15.4. The van der Waals surface area contributed by atoms with Gasteiger partial charge in [-0.15, -0.1) is 21.9 Å². The normalized spacial score (nSPS) is 11.9. The average Bonchev–Trinajstić information content (AvgIpc) is 3.07. The van der Waals surface area contributed by atoms with Crippen molar-refractivity contribution in [2.45, 2.75) is 13.8 Å². The fraction of sp³-hybridized carbons (Fsp3) is 0.200. The third kappa shape index (κ3) is 6.31. The van der Waals surface area contributed by atoms with E-state index in [1.165, 1.54) is 11.4 Å². The molecule has 0 atom stereocenters. The number of benzene rings is 4. The number of nitrogens with one attached hydrogen (secondary N) is 1. The lowest BCUT2D eigenvalue weighted by Gasteiger charge is -2.44. The van der Waals surface area contributed by atoms with Gasteiger partial charge in [0.25, 0.3) is 0 Å². The number of hydrogen-bond acceptors (Lipinski definition) is 0. The van der Waals surface area contributed by atoms with Crippen molar-refractivity contribution >= 4 is 28.0 Å². The summed E-state index contributed by atoms with van der Waals surface area (Å²) < 4.78 is 294. The lowest BCUT2D eigenvalue weighted by molar-refractivity contribution is -0.861. The molecule has 0 aliphatic carbocycles. The van der Waals surface area contributed by atoms with E-state index in [1.54, 1.807) is 0 Å². The van der Waals surface area contributed by atoms with E-state index in [1.807, 2.05) is 0 Å². The molecule has 0 heterocycles. The minimum atomic E-state index is -7.22. The van der Waals surface area contributed by atoms with Gasteiger partial charge in [0.15, 0.2) is 69.8 Å². The molecule has 0 amide bonds. The highest BCUT2D eigenvalue weighted by atomic mass is 19.2. The lowest BCUT2D eigenvalue weighted by atomic mass is 9.12. The Morgan fingerprint density at radius 2 is 0.442 bits per heavy atom. The van der Waals surface area contributed by atoms with Crippen LogP contribution in [0.25, 0.3) is 0 Å². The number of halogens is 20. The van der Waals surface area contributed by atoms with E-state index in [9.17, 15) is 52.7 Å². The molecular weight excluding hydrogens is 765 g/mol. The summed E-state index contributed by atoms with van der Waals surface area (Å²) in [5, 5.41) is 0. The van der Waals surface area contributed by atoms with Gasteiger partial charge in [-0.2, -0.15) is 0 Å². The first-order valence-electron chi connectivity index (χ1n) is 13.9. The molecule has 1 nitrogen and oxygen atoms in total. The fourth-order valence-corrected chi connectivity index (χ4v) is 5.69. The Labute approximate surface area is 278 Å². The van der Waals surface area contributed by atoms with Gasteiger partial charge >= 0.3 is 0 Å². The van der Waals surface area contributed by atoms with E-state index >= 15 is 35.1 Å². The molecule has 0 spiro atoms. The molecule has 0 unspecified atom stereocenters. The Morgan fingerprint density at radius 1 is 0.308 bits per heavy atom. The molecule has 284 valence electrons. The summed E-state index contributed by atoms with van der Waals surface area (Å²) in [5.74, 6) is -70.6. The molecule has 0 saturated carbocycles. The van der Waals surface area contributed by atoms with Crippen molar-refractivity contribution in [3.8, 4) is 0 Å². The highest BCUT2D eigenvalue weighted by Crippen LogP contribution is 2.30. The Morgan fingerprint density at radius 3 is 0.538 bits per heavy atom. The van der Waals surface area contributed by atoms with E-state index in [0.717, 1.165) is 5.92 Å². The van der Waals surface area contributed by atoms with Crippen molar-refractivity contribution in [1.29, 1.82) is 0 Å². The molecule has 0 aliphatic rings. The summed E-state index contributed by atoms with van der Waals surface area (Å²) >= 11 is 0. The minimum absolute atomic E-state index is 0.838. The van der Waals surface area contributed by atoms with Crippen molar-refractivity contribution in [1.82, 2.24) is 0 Å².